The Bertz CT molecular complexity index is 1250. The molecule has 1 aliphatic heterocycles. The second kappa shape index (κ2) is 9.79. The summed E-state index contributed by atoms with van der Waals surface area (Å²) in [6, 6.07) is 19.6. The molecule has 1 N–H and O–H groups in total. The number of likely N-dealkylation sites (tertiary alicyclic amines) is 1. The summed E-state index contributed by atoms with van der Waals surface area (Å²) in [7, 11) is 0. The molecule has 7 nitrogen and oxygen atoms in total. The van der Waals surface area contributed by atoms with Crippen molar-refractivity contribution in [1.82, 2.24) is 14.7 Å². The fourth-order valence-corrected chi connectivity index (χ4v) is 4.42. The van der Waals surface area contributed by atoms with Crippen LogP contribution in [0.1, 0.15) is 51.5 Å². The largest absolute Gasteiger partial charge is 0.472 e. The number of aromatic nitrogens is 2. The molecule has 7 heteroatoms. The van der Waals surface area contributed by atoms with Gasteiger partial charge in [0.1, 0.15) is 6.26 Å². The highest BCUT2D eigenvalue weighted by molar-refractivity contribution is 6.03. The summed E-state index contributed by atoms with van der Waals surface area (Å²) in [6.07, 6.45) is 9.24. The molecular weight excluding hydrogens is 428 g/mol. The van der Waals surface area contributed by atoms with Crippen LogP contribution < -0.4 is 5.32 Å². The predicted octanol–water partition coefficient (Wildman–Crippen LogP) is 5.13. The normalized spacial score (nSPS) is 16.1. The molecule has 4 aromatic rings. The van der Waals surface area contributed by atoms with E-state index in [1.165, 1.54) is 18.1 Å². The number of benzene rings is 2. The molecule has 3 heterocycles. The van der Waals surface area contributed by atoms with E-state index in [0.29, 0.717) is 22.7 Å². The average Bonchev–Trinajstić information content (AvgIpc) is 3.52. The van der Waals surface area contributed by atoms with Crippen molar-refractivity contribution in [3.63, 3.8) is 0 Å². The molecule has 2 aromatic carbocycles. The molecule has 1 fully saturated rings. The van der Waals surface area contributed by atoms with E-state index in [0.717, 1.165) is 38.0 Å². The number of carbonyl (C=O) groups excluding carboxylic acids is 2. The molecule has 34 heavy (non-hydrogen) atoms. The molecular formula is C27H26N4O3. The summed E-state index contributed by atoms with van der Waals surface area (Å²) >= 11 is 0. The van der Waals surface area contributed by atoms with Gasteiger partial charge in [0, 0.05) is 18.7 Å². The Kier molecular flexibility index (Phi) is 6.25. The number of hydrogen-bond acceptors (Lipinski definition) is 4. The Morgan fingerprint density at radius 1 is 0.941 bits per heavy atom. The third kappa shape index (κ3) is 4.78. The summed E-state index contributed by atoms with van der Waals surface area (Å²) in [4.78, 5) is 27.3. The van der Waals surface area contributed by atoms with Gasteiger partial charge in [0.25, 0.3) is 11.8 Å². The van der Waals surface area contributed by atoms with Crippen LogP contribution in [0.25, 0.3) is 5.69 Å². The Balaban J connectivity index is 1.21. The molecule has 1 atom stereocenters. The van der Waals surface area contributed by atoms with Crippen molar-refractivity contribution in [2.24, 2.45) is 0 Å². The minimum Gasteiger partial charge on any atom is -0.472 e. The second-order valence-electron chi connectivity index (χ2n) is 8.52. The van der Waals surface area contributed by atoms with Crippen molar-refractivity contribution in [2.75, 3.05) is 18.4 Å². The lowest BCUT2D eigenvalue weighted by molar-refractivity contribution is 0.0761. The number of furan rings is 1. The number of hydrogen-bond donors (Lipinski definition) is 1. The highest BCUT2D eigenvalue weighted by Gasteiger charge is 2.22. The zero-order chi connectivity index (χ0) is 23.3. The first-order valence-corrected chi connectivity index (χ1v) is 11.5. The van der Waals surface area contributed by atoms with Gasteiger partial charge in [-0.1, -0.05) is 30.3 Å². The van der Waals surface area contributed by atoms with Crippen molar-refractivity contribution in [3.05, 3.63) is 102 Å². The Morgan fingerprint density at radius 2 is 1.76 bits per heavy atom. The highest BCUT2D eigenvalue weighted by atomic mass is 16.3. The molecule has 0 saturated carbocycles. The number of amides is 2. The monoisotopic (exact) mass is 454 g/mol. The van der Waals surface area contributed by atoms with Crippen molar-refractivity contribution >= 4 is 17.5 Å². The minimum atomic E-state index is -0.263. The van der Waals surface area contributed by atoms with E-state index in [1.807, 2.05) is 35.2 Å². The molecule has 1 saturated heterocycles. The molecule has 172 valence electrons. The van der Waals surface area contributed by atoms with Gasteiger partial charge >= 0.3 is 0 Å². The lowest BCUT2D eigenvalue weighted by Crippen LogP contribution is -2.31. The molecule has 0 spiro atoms. The standard InChI is InChI=1S/C27H26N4O3/c32-26(23-13-16-34-19-23)29-24-17-28-31(18-24)25-10-8-22(9-11-25)27(33)30-14-4-7-21(12-15-30)20-5-2-1-3-6-20/h1-3,5-6,8-11,13,16-19,21H,4,7,12,14-15H2,(H,29,32)/t21-/m0/s1. The quantitative estimate of drug-likeness (QED) is 0.453. The Hall–Kier alpha value is -4.13. The van der Waals surface area contributed by atoms with Crippen molar-refractivity contribution in [1.29, 1.82) is 0 Å². The molecule has 0 unspecified atom stereocenters. The van der Waals surface area contributed by atoms with Gasteiger partial charge in [-0.3, -0.25) is 9.59 Å². The number of rotatable bonds is 5. The van der Waals surface area contributed by atoms with E-state index >= 15 is 0 Å². The maximum absolute atomic E-state index is 13.1. The summed E-state index contributed by atoms with van der Waals surface area (Å²) in [6.45, 7) is 1.54. The summed E-state index contributed by atoms with van der Waals surface area (Å²) in [5.41, 5.74) is 3.85. The topological polar surface area (TPSA) is 80.4 Å². The molecule has 2 amide bonds. The maximum Gasteiger partial charge on any atom is 0.259 e. The van der Waals surface area contributed by atoms with Crippen LogP contribution in [0.4, 0.5) is 5.69 Å². The zero-order valence-corrected chi connectivity index (χ0v) is 18.8. The summed E-state index contributed by atoms with van der Waals surface area (Å²) in [5, 5.41) is 7.10. The van der Waals surface area contributed by atoms with Gasteiger partial charge in [0.15, 0.2) is 0 Å². The van der Waals surface area contributed by atoms with E-state index in [4.69, 9.17) is 4.42 Å². The second-order valence-corrected chi connectivity index (χ2v) is 8.52. The molecule has 5 rings (SSSR count). The summed E-state index contributed by atoms with van der Waals surface area (Å²) in [5.74, 6) is 0.305. The van der Waals surface area contributed by atoms with Gasteiger partial charge in [0.05, 0.1) is 35.6 Å². The predicted molar refractivity (Wildman–Crippen MR) is 129 cm³/mol. The van der Waals surface area contributed by atoms with E-state index in [1.54, 1.807) is 23.1 Å². The highest BCUT2D eigenvalue weighted by Crippen LogP contribution is 2.28. The molecule has 2 aromatic heterocycles. The van der Waals surface area contributed by atoms with Gasteiger partial charge in [-0.15, -0.1) is 0 Å². The zero-order valence-electron chi connectivity index (χ0n) is 18.8. The first-order valence-electron chi connectivity index (χ1n) is 11.5. The Labute approximate surface area is 198 Å². The average molecular weight is 455 g/mol. The van der Waals surface area contributed by atoms with Crippen LogP contribution in [0, 0.1) is 0 Å². The molecule has 1 aliphatic rings. The van der Waals surface area contributed by atoms with Crippen molar-refractivity contribution < 1.29 is 14.0 Å². The maximum atomic E-state index is 13.1. The van der Waals surface area contributed by atoms with Crippen LogP contribution in [-0.4, -0.2) is 39.6 Å². The number of carbonyl (C=O) groups is 2. The van der Waals surface area contributed by atoms with Crippen LogP contribution in [0.15, 0.2) is 90.0 Å². The van der Waals surface area contributed by atoms with Crippen LogP contribution in [0.3, 0.4) is 0 Å². The van der Waals surface area contributed by atoms with Crippen LogP contribution >= 0.6 is 0 Å². The van der Waals surface area contributed by atoms with Gasteiger partial charge in [-0.05, 0) is 61.1 Å². The van der Waals surface area contributed by atoms with E-state index in [2.05, 4.69) is 34.7 Å². The minimum absolute atomic E-state index is 0.0637. The van der Waals surface area contributed by atoms with Gasteiger partial charge < -0.3 is 14.6 Å². The number of nitrogens with zero attached hydrogens (tertiary/aromatic N) is 3. The first kappa shape index (κ1) is 21.7. The first-order chi connectivity index (χ1) is 16.7. The molecule has 0 aliphatic carbocycles. The van der Waals surface area contributed by atoms with Crippen molar-refractivity contribution in [3.8, 4) is 5.69 Å². The van der Waals surface area contributed by atoms with E-state index in [9.17, 15) is 9.59 Å². The van der Waals surface area contributed by atoms with Crippen LogP contribution in [0.2, 0.25) is 0 Å². The fourth-order valence-electron chi connectivity index (χ4n) is 4.42. The SMILES string of the molecule is O=C(Nc1cnn(-c2ccc(C(=O)N3CCC[C@H](c4ccccc4)CC3)cc2)c1)c1ccoc1. The third-order valence-corrected chi connectivity index (χ3v) is 6.29. The molecule has 0 bridgehead atoms. The van der Waals surface area contributed by atoms with E-state index in [-0.39, 0.29) is 11.8 Å². The van der Waals surface area contributed by atoms with Gasteiger partial charge in [-0.2, -0.15) is 5.10 Å². The lowest BCUT2D eigenvalue weighted by atomic mass is 9.92. The number of anilines is 1. The van der Waals surface area contributed by atoms with Crippen LogP contribution in [-0.2, 0) is 0 Å². The summed E-state index contributed by atoms with van der Waals surface area (Å²) < 4.78 is 6.60. The van der Waals surface area contributed by atoms with Crippen molar-refractivity contribution in [2.45, 2.75) is 25.2 Å². The smallest absolute Gasteiger partial charge is 0.259 e. The van der Waals surface area contributed by atoms with Crippen LogP contribution in [0.5, 0.6) is 0 Å². The molecule has 0 radical (unpaired) electrons. The fraction of sp³-hybridized carbons (Fsp3) is 0.222. The lowest BCUT2D eigenvalue weighted by Gasteiger charge is -2.21. The third-order valence-electron chi connectivity index (χ3n) is 6.29. The number of nitrogens with one attached hydrogen (secondary N) is 1. The van der Waals surface area contributed by atoms with Gasteiger partial charge in [0.2, 0.25) is 0 Å². The van der Waals surface area contributed by atoms with E-state index < -0.39 is 0 Å². The Morgan fingerprint density at radius 3 is 2.53 bits per heavy atom. The van der Waals surface area contributed by atoms with Gasteiger partial charge in [-0.25, -0.2) is 4.68 Å².